The van der Waals surface area contributed by atoms with Crippen LogP contribution < -0.4 is 15.8 Å². The molecule has 1 amide bonds. The summed E-state index contributed by atoms with van der Waals surface area (Å²) in [6.45, 7) is 1.92. The molecule has 0 bridgehead atoms. The van der Waals surface area contributed by atoms with Gasteiger partial charge in [-0.3, -0.25) is 4.79 Å². The van der Waals surface area contributed by atoms with Gasteiger partial charge in [0.25, 0.3) is 5.91 Å². The van der Waals surface area contributed by atoms with E-state index in [2.05, 4.69) is 5.32 Å². The van der Waals surface area contributed by atoms with Crippen molar-refractivity contribution < 1.29 is 9.53 Å². The summed E-state index contributed by atoms with van der Waals surface area (Å²) < 4.78 is 5.06. The van der Waals surface area contributed by atoms with E-state index < -0.39 is 0 Å². The molecule has 0 aromatic heterocycles. The number of carbonyl (C=O) groups excluding carboxylic acids is 1. The van der Waals surface area contributed by atoms with Crippen LogP contribution in [-0.4, -0.2) is 13.0 Å². The Bertz CT molecular complexity index is 656. The molecule has 4 nitrogen and oxygen atoms in total. The van der Waals surface area contributed by atoms with E-state index in [0.717, 1.165) is 5.56 Å². The fraction of sp³-hybridized carbons (Fsp3) is 0.133. The number of halogens is 1. The first-order chi connectivity index (χ1) is 9.51. The van der Waals surface area contributed by atoms with Crippen molar-refractivity contribution in [3.8, 4) is 5.75 Å². The van der Waals surface area contributed by atoms with Crippen LogP contribution in [0.25, 0.3) is 0 Å². The van der Waals surface area contributed by atoms with Crippen LogP contribution in [-0.2, 0) is 0 Å². The van der Waals surface area contributed by atoms with E-state index in [-0.39, 0.29) is 5.91 Å². The van der Waals surface area contributed by atoms with Crippen molar-refractivity contribution in [2.75, 3.05) is 18.2 Å². The van der Waals surface area contributed by atoms with Crippen molar-refractivity contribution in [1.29, 1.82) is 0 Å². The zero-order valence-electron chi connectivity index (χ0n) is 11.2. The molecule has 0 atom stereocenters. The number of nitrogens with one attached hydrogen (secondary N) is 1. The van der Waals surface area contributed by atoms with Gasteiger partial charge in [0.05, 0.1) is 17.7 Å². The largest absolute Gasteiger partial charge is 0.495 e. The van der Waals surface area contributed by atoms with Gasteiger partial charge in [-0.15, -0.1) is 0 Å². The molecule has 104 valence electrons. The van der Waals surface area contributed by atoms with Crippen molar-refractivity contribution >= 4 is 28.9 Å². The number of hydrogen-bond acceptors (Lipinski definition) is 3. The predicted molar refractivity (Wildman–Crippen MR) is 81.5 cm³/mol. The number of amides is 1. The fourth-order valence-electron chi connectivity index (χ4n) is 1.83. The van der Waals surface area contributed by atoms with E-state index >= 15 is 0 Å². The molecule has 0 saturated heterocycles. The van der Waals surface area contributed by atoms with Crippen molar-refractivity contribution in [3.63, 3.8) is 0 Å². The Kier molecular flexibility index (Phi) is 4.15. The molecule has 0 spiro atoms. The molecule has 0 aliphatic carbocycles. The van der Waals surface area contributed by atoms with Crippen LogP contribution in [0.3, 0.4) is 0 Å². The van der Waals surface area contributed by atoms with Crippen LogP contribution >= 0.6 is 11.6 Å². The third-order valence-electron chi connectivity index (χ3n) is 2.86. The number of benzene rings is 2. The lowest BCUT2D eigenvalue weighted by Gasteiger charge is -2.10. The van der Waals surface area contributed by atoms with Gasteiger partial charge in [0.2, 0.25) is 0 Å². The highest BCUT2D eigenvalue weighted by Gasteiger charge is 2.11. The Labute approximate surface area is 122 Å². The molecule has 0 radical (unpaired) electrons. The molecule has 2 aromatic rings. The molecule has 2 aromatic carbocycles. The molecule has 0 saturated carbocycles. The summed E-state index contributed by atoms with van der Waals surface area (Å²) in [7, 11) is 1.53. The molecule has 3 N–H and O–H groups in total. The van der Waals surface area contributed by atoms with E-state index in [1.165, 1.54) is 7.11 Å². The Morgan fingerprint density at radius 2 is 2.00 bits per heavy atom. The maximum absolute atomic E-state index is 12.1. The highest BCUT2D eigenvalue weighted by molar-refractivity contribution is 6.32. The molecule has 5 heteroatoms. The van der Waals surface area contributed by atoms with Crippen molar-refractivity contribution in [2.24, 2.45) is 0 Å². The highest BCUT2D eigenvalue weighted by Crippen LogP contribution is 2.27. The second kappa shape index (κ2) is 5.84. The molecular formula is C15H15ClN2O2. The summed E-state index contributed by atoms with van der Waals surface area (Å²) >= 11 is 6.01. The second-order valence-corrected chi connectivity index (χ2v) is 4.80. The Hall–Kier alpha value is -2.20. The predicted octanol–water partition coefficient (Wildman–Crippen LogP) is 3.49. The summed E-state index contributed by atoms with van der Waals surface area (Å²) in [5, 5.41) is 3.18. The van der Waals surface area contributed by atoms with Crippen LogP contribution in [0.4, 0.5) is 11.4 Å². The highest BCUT2D eigenvalue weighted by atomic mass is 35.5. The van der Waals surface area contributed by atoms with E-state index in [9.17, 15) is 4.79 Å². The van der Waals surface area contributed by atoms with Crippen molar-refractivity contribution in [2.45, 2.75) is 6.92 Å². The van der Waals surface area contributed by atoms with Gasteiger partial charge in [-0.1, -0.05) is 17.7 Å². The normalized spacial score (nSPS) is 10.2. The number of nitrogens with two attached hydrogens (primary N) is 1. The molecule has 20 heavy (non-hydrogen) atoms. The monoisotopic (exact) mass is 290 g/mol. The lowest BCUT2D eigenvalue weighted by Crippen LogP contribution is -2.14. The third-order valence-corrected chi connectivity index (χ3v) is 3.16. The molecular weight excluding hydrogens is 276 g/mol. The van der Waals surface area contributed by atoms with Crippen LogP contribution in [0.5, 0.6) is 5.75 Å². The lowest BCUT2D eigenvalue weighted by molar-refractivity contribution is 0.102. The zero-order valence-corrected chi connectivity index (χ0v) is 12.0. The minimum absolute atomic E-state index is 0.274. The van der Waals surface area contributed by atoms with Gasteiger partial charge in [0, 0.05) is 11.4 Å². The Balaban J connectivity index is 2.21. The first kappa shape index (κ1) is 14.2. The molecule has 0 heterocycles. The van der Waals surface area contributed by atoms with Gasteiger partial charge in [0.15, 0.2) is 0 Å². The maximum Gasteiger partial charge on any atom is 0.257 e. The Morgan fingerprint density at radius 3 is 2.60 bits per heavy atom. The summed E-state index contributed by atoms with van der Waals surface area (Å²) in [4.78, 5) is 12.1. The number of carbonyl (C=O) groups is 1. The number of aryl methyl sites for hydroxylation is 1. The van der Waals surface area contributed by atoms with Crippen LogP contribution in [0.15, 0.2) is 36.4 Å². The molecule has 2 rings (SSSR count). The fourth-order valence-corrected chi connectivity index (χ4v) is 2.09. The van der Waals surface area contributed by atoms with Gasteiger partial charge in [-0.2, -0.15) is 0 Å². The lowest BCUT2D eigenvalue weighted by atomic mass is 10.1. The van der Waals surface area contributed by atoms with Gasteiger partial charge in [0.1, 0.15) is 5.75 Å². The topological polar surface area (TPSA) is 64.3 Å². The summed E-state index contributed by atoms with van der Waals surface area (Å²) in [6, 6.07) is 10.3. The van der Waals surface area contributed by atoms with E-state index in [1.54, 1.807) is 30.3 Å². The number of anilines is 2. The Morgan fingerprint density at radius 1 is 1.25 bits per heavy atom. The van der Waals surface area contributed by atoms with Gasteiger partial charge < -0.3 is 15.8 Å². The number of nitrogen functional groups attached to an aromatic ring is 1. The third kappa shape index (κ3) is 3.03. The quantitative estimate of drug-likeness (QED) is 0.851. The van der Waals surface area contributed by atoms with Gasteiger partial charge in [-0.05, 0) is 42.8 Å². The van der Waals surface area contributed by atoms with Gasteiger partial charge >= 0.3 is 0 Å². The van der Waals surface area contributed by atoms with Gasteiger partial charge in [-0.25, -0.2) is 0 Å². The van der Waals surface area contributed by atoms with Crippen LogP contribution in [0.2, 0.25) is 5.02 Å². The average molecular weight is 291 g/mol. The number of rotatable bonds is 3. The molecule has 0 aliphatic rings. The second-order valence-electron chi connectivity index (χ2n) is 4.39. The van der Waals surface area contributed by atoms with E-state index in [4.69, 9.17) is 22.1 Å². The zero-order chi connectivity index (χ0) is 14.7. The van der Waals surface area contributed by atoms with E-state index in [1.807, 2.05) is 13.0 Å². The number of ether oxygens (including phenoxy) is 1. The van der Waals surface area contributed by atoms with Crippen molar-refractivity contribution in [1.82, 2.24) is 0 Å². The first-order valence-electron chi connectivity index (χ1n) is 6.02. The summed E-state index contributed by atoms with van der Waals surface area (Å²) in [6.07, 6.45) is 0. The molecule has 0 fully saturated rings. The molecule has 0 aliphatic heterocycles. The number of methoxy groups -OCH3 is 1. The van der Waals surface area contributed by atoms with Crippen molar-refractivity contribution in [3.05, 3.63) is 52.5 Å². The standard InChI is InChI=1S/C15H15ClN2O2/c1-9-3-5-11(13(17)7-9)15(19)18-10-4-6-14(20-2)12(16)8-10/h3-8H,17H2,1-2H3,(H,18,19). The maximum atomic E-state index is 12.1. The van der Waals surface area contributed by atoms with Crippen LogP contribution in [0, 0.1) is 6.92 Å². The molecule has 0 unspecified atom stereocenters. The average Bonchev–Trinajstić information content (AvgIpc) is 2.38. The minimum Gasteiger partial charge on any atom is -0.495 e. The number of hydrogen-bond donors (Lipinski definition) is 2. The summed E-state index contributed by atoms with van der Waals surface area (Å²) in [5.41, 5.74) is 8.31. The minimum atomic E-state index is -0.274. The van der Waals surface area contributed by atoms with E-state index in [0.29, 0.717) is 27.7 Å². The SMILES string of the molecule is COc1ccc(NC(=O)c2ccc(C)cc2N)cc1Cl. The smallest absolute Gasteiger partial charge is 0.257 e. The van der Waals surface area contributed by atoms with Crippen LogP contribution in [0.1, 0.15) is 15.9 Å². The first-order valence-corrected chi connectivity index (χ1v) is 6.40. The summed E-state index contributed by atoms with van der Waals surface area (Å²) in [5.74, 6) is 0.281.